The first kappa shape index (κ1) is 15.9. The average Bonchev–Trinajstić information content (AvgIpc) is 2.52. The molecule has 0 saturated heterocycles. The molecular formula is C17H16ClNO3. The van der Waals surface area contributed by atoms with Gasteiger partial charge >= 0.3 is 0 Å². The lowest BCUT2D eigenvalue weighted by Crippen LogP contribution is -2.08. The Morgan fingerprint density at radius 2 is 1.77 bits per heavy atom. The van der Waals surface area contributed by atoms with Crippen molar-refractivity contribution in [3.05, 3.63) is 59.1 Å². The molecule has 0 unspecified atom stereocenters. The van der Waals surface area contributed by atoms with Crippen LogP contribution >= 0.6 is 11.6 Å². The summed E-state index contributed by atoms with van der Waals surface area (Å²) in [5.74, 6) is 0.956. The van der Waals surface area contributed by atoms with Crippen LogP contribution < -0.4 is 14.8 Å². The molecule has 2 aromatic carbocycles. The van der Waals surface area contributed by atoms with Gasteiger partial charge < -0.3 is 14.8 Å². The molecule has 0 saturated carbocycles. The number of methoxy groups -OCH3 is 2. The summed E-state index contributed by atoms with van der Waals surface area (Å²) in [6, 6.07) is 12.4. The van der Waals surface area contributed by atoms with Crippen molar-refractivity contribution in [2.45, 2.75) is 0 Å². The normalized spacial score (nSPS) is 10.5. The highest BCUT2D eigenvalue weighted by molar-refractivity contribution is 6.30. The first-order valence-electron chi connectivity index (χ1n) is 6.58. The Balaban J connectivity index is 2.08. The fourth-order valence-electron chi connectivity index (χ4n) is 1.85. The van der Waals surface area contributed by atoms with Crippen LogP contribution in [0.25, 0.3) is 6.08 Å². The lowest BCUT2D eigenvalue weighted by Gasteiger charge is -2.08. The molecule has 4 nitrogen and oxygen atoms in total. The maximum Gasteiger partial charge on any atom is 0.248 e. The van der Waals surface area contributed by atoms with Crippen LogP contribution in [0.3, 0.4) is 0 Å². The van der Waals surface area contributed by atoms with Gasteiger partial charge in [0, 0.05) is 35.0 Å². The number of halogens is 1. The van der Waals surface area contributed by atoms with Gasteiger partial charge in [-0.15, -0.1) is 0 Å². The van der Waals surface area contributed by atoms with Crippen LogP contribution in [0, 0.1) is 0 Å². The highest BCUT2D eigenvalue weighted by Gasteiger charge is 2.04. The van der Waals surface area contributed by atoms with Gasteiger partial charge in [-0.2, -0.15) is 0 Å². The molecule has 0 spiro atoms. The summed E-state index contributed by atoms with van der Waals surface area (Å²) in [5.41, 5.74) is 1.45. The summed E-state index contributed by atoms with van der Waals surface area (Å²) in [4.78, 5) is 12.0. The van der Waals surface area contributed by atoms with E-state index in [2.05, 4.69) is 5.32 Å². The van der Waals surface area contributed by atoms with E-state index >= 15 is 0 Å². The number of rotatable bonds is 5. The van der Waals surface area contributed by atoms with E-state index in [4.69, 9.17) is 21.1 Å². The molecule has 1 N–H and O–H groups in total. The highest BCUT2D eigenvalue weighted by Crippen LogP contribution is 2.25. The molecule has 0 aliphatic heterocycles. The number of nitrogens with one attached hydrogen (secondary N) is 1. The topological polar surface area (TPSA) is 47.6 Å². The lowest BCUT2D eigenvalue weighted by atomic mass is 10.2. The van der Waals surface area contributed by atoms with Gasteiger partial charge in [-0.1, -0.05) is 23.7 Å². The third kappa shape index (κ3) is 4.53. The predicted molar refractivity (Wildman–Crippen MR) is 88.7 cm³/mol. The second-order valence-corrected chi connectivity index (χ2v) is 4.92. The van der Waals surface area contributed by atoms with Crippen LogP contribution in [0.2, 0.25) is 5.02 Å². The molecule has 2 rings (SSSR count). The summed E-state index contributed by atoms with van der Waals surface area (Å²) in [7, 11) is 3.11. The smallest absolute Gasteiger partial charge is 0.248 e. The Hall–Kier alpha value is -2.46. The highest BCUT2D eigenvalue weighted by atomic mass is 35.5. The molecule has 2 aromatic rings. The zero-order chi connectivity index (χ0) is 15.9. The first-order chi connectivity index (χ1) is 10.6. The molecule has 0 atom stereocenters. The van der Waals surface area contributed by atoms with E-state index in [-0.39, 0.29) is 5.91 Å². The number of ether oxygens (including phenoxy) is 2. The van der Waals surface area contributed by atoms with Crippen molar-refractivity contribution >= 4 is 29.3 Å². The molecule has 0 aliphatic carbocycles. The fraction of sp³-hybridized carbons (Fsp3) is 0.118. The minimum Gasteiger partial charge on any atom is -0.497 e. The number of carbonyl (C=O) groups is 1. The Kier molecular flexibility index (Phi) is 5.44. The molecule has 5 heteroatoms. The number of anilines is 1. The number of amides is 1. The van der Waals surface area contributed by atoms with Gasteiger partial charge in [0.15, 0.2) is 0 Å². The molecule has 1 amide bonds. The maximum absolute atomic E-state index is 12.0. The first-order valence-corrected chi connectivity index (χ1v) is 6.96. The summed E-state index contributed by atoms with van der Waals surface area (Å²) in [5, 5.41) is 3.38. The molecule has 22 heavy (non-hydrogen) atoms. The van der Waals surface area contributed by atoms with Crippen molar-refractivity contribution in [2.24, 2.45) is 0 Å². The van der Waals surface area contributed by atoms with Crippen LogP contribution in [0.15, 0.2) is 48.5 Å². The minimum atomic E-state index is -0.254. The van der Waals surface area contributed by atoms with Gasteiger partial charge in [0.05, 0.1) is 14.2 Å². The van der Waals surface area contributed by atoms with E-state index in [1.54, 1.807) is 50.6 Å². The Morgan fingerprint density at radius 1 is 1.09 bits per heavy atom. The Labute approximate surface area is 134 Å². The Bertz CT molecular complexity index is 676. The third-order valence-corrected chi connectivity index (χ3v) is 3.13. The second-order valence-electron chi connectivity index (χ2n) is 4.48. The van der Waals surface area contributed by atoms with Crippen LogP contribution in [0.1, 0.15) is 5.56 Å². The van der Waals surface area contributed by atoms with E-state index in [0.717, 1.165) is 5.56 Å². The van der Waals surface area contributed by atoms with Gasteiger partial charge in [0.25, 0.3) is 0 Å². The molecule has 0 aliphatic rings. The van der Waals surface area contributed by atoms with Gasteiger partial charge in [-0.05, 0) is 23.8 Å². The predicted octanol–water partition coefficient (Wildman–Crippen LogP) is 4.01. The van der Waals surface area contributed by atoms with Crippen LogP contribution in [0.4, 0.5) is 5.69 Å². The number of hydrogen-bond acceptors (Lipinski definition) is 3. The van der Waals surface area contributed by atoms with E-state index < -0.39 is 0 Å². The Morgan fingerprint density at radius 3 is 2.36 bits per heavy atom. The van der Waals surface area contributed by atoms with Crippen molar-refractivity contribution < 1.29 is 14.3 Å². The van der Waals surface area contributed by atoms with Gasteiger partial charge in [0.1, 0.15) is 11.5 Å². The van der Waals surface area contributed by atoms with Crippen molar-refractivity contribution in [1.82, 2.24) is 0 Å². The van der Waals surface area contributed by atoms with E-state index in [0.29, 0.717) is 22.2 Å². The molecule has 0 fully saturated rings. The van der Waals surface area contributed by atoms with Crippen molar-refractivity contribution in [2.75, 3.05) is 19.5 Å². The molecule has 0 bridgehead atoms. The van der Waals surface area contributed by atoms with E-state index in [1.165, 1.54) is 6.08 Å². The molecule has 114 valence electrons. The molecule has 0 radical (unpaired) electrons. The van der Waals surface area contributed by atoms with E-state index in [1.807, 2.05) is 12.1 Å². The largest absolute Gasteiger partial charge is 0.497 e. The fourth-order valence-corrected chi connectivity index (χ4v) is 2.04. The monoisotopic (exact) mass is 317 g/mol. The zero-order valence-electron chi connectivity index (χ0n) is 12.3. The second kappa shape index (κ2) is 7.52. The van der Waals surface area contributed by atoms with E-state index in [9.17, 15) is 4.79 Å². The van der Waals surface area contributed by atoms with Crippen molar-refractivity contribution in [3.8, 4) is 11.5 Å². The standard InChI is InChI=1S/C17H16ClNO3/c1-21-15-9-14(10-16(11-15)22-2)19-17(20)7-6-12-4-3-5-13(18)8-12/h3-11H,1-2H3,(H,19,20)/b7-6+. The van der Waals surface area contributed by atoms with Gasteiger partial charge in [-0.3, -0.25) is 4.79 Å². The molecular weight excluding hydrogens is 302 g/mol. The van der Waals surface area contributed by atoms with Crippen LogP contribution in [-0.4, -0.2) is 20.1 Å². The number of benzene rings is 2. The molecule has 0 aromatic heterocycles. The van der Waals surface area contributed by atoms with Crippen LogP contribution in [0.5, 0.6) is 11.5 Å². The number of hydrogen-bond donors (Lipinski definition) is 1. The van der Waals surface area contributed by atoms with Crippen LogP contribution in [-0.2, 0) is 4.79 Å². The van der Waals surface area contributed by atoms with Crippen molar-refractivity contribution in [1.29, 1.82) is 0 Å². The molecule has 0 heterocycles. The van der Waals surface area contributed by atoms with Gasteiger partial charge in [0.2, 0.25) is 5.91 Å². The quantitative estimate of drug-likeness (QED) is 0.848. The summed E-state index contributed by atoms with van der Waals surface area (Å²) >= 11 is 5.89. The van der Waals surface area contributed by atoms with Gasteiger partial charge in [-0.25, -0.2) is 0 Å². The lowest BCUT2D eigenvalue weighted by molar-refractivity contribution is -0.111. The third-order valence-electron chi connectivity index (χ3n) is 2.89. The zero-order valence-corrected chi connectivity index (χ0v) is 13.1. The number of carbonyl (C=O) groups excluding carboxylic acids is 1. The van der Waals surface area contributed by atoms with Crippen molar-refractivity contribution in [3.63, 3.8) is 0 Å². The summed E-state index contributed by atoms with van der Waals surface area (Å²) < 4.78 is 10.3. The average molecular weight is 318 g/mol. The maximum atomic E-state index is 12.0. The SMILES string of the molecule is COc1cc(NC(=O)/C=C/c2cccc(Cl)c2)cc(OC)c1. The summed E-state index contributed by atoms with van der Waals surface area (Å²) in [6.45, 7) is 0. The summed E-state index contributed by atoms with van der Waals surface area (Å²) in [6.07, 6.45) is 3.14. The minimum absolute atomic E-state index is 0.254.